The van der Waals surface area contributed by atoms with Gasteiger partial charge >= 0.3 is 0 Å². The van der Waals surface area contributed by atoms with Gasteiger partial charge in [-0.25, -0.2) is 0 Å². The SMILES string of the molecule is CCOc1ccc(CN(C)C(=NC)NCc2ccon2)cc1. The highest BCUT2D eigenvalue weighted by Crippen LogP contribution is 2.13. The molecule has 0 amide bonds. The number of rotatable bonds is 6. The number of hydrogen-bond donors (Lipinski definition) is 1. The summed E-state index contributed by atoms with van der Waals surface area (Å²) in [5.41, 5.74) is 2.03. The molecule has 22 heavy (non-hydrogen) atoms. The summed E-state index contributed by atoms with van der Waals surface area (Å²) in [5, 5.41) is 7.12. The van der Waals surface area contributed by atoms with E-state index in [1.165, 1.54) is 5.56 Å². The normalized spacial score (nSPS) is 11.3. The Labute approximate surface area is 130 Å². The van der Waals surface area contributed by atoms with Gasteiger partial charge in [0.25, 0.3) is 0 Å². The first-order valence-electron chi connectivity index (χ1n) is 7.25. The van der Waals surface area contributed by atoms with Crippen LogP contribution in [0.5, 0.6) is 5.75 Å². The Bertz CT molecular complexity index is 579. The van der Waals surface area contributed by atoms with Gasteiger partial charge in [0.1, 0.15) is 17.7 Å². The zero-order valence-corrected chi connectivity index (χ0v) is 13.2. The molecule has 0 aliphatic carbocycles. The van der Waals surface area contributed by atoms with Crippen molar-refractivity contribution in [1.29, 1.82) is 0 Å². The molecule has 1 N–H and O–H groups in total. The molecule has 0 unspecified atom stereocenters. The molecule has 0 radical (unpaired) electrons. The minimum atomic E-state index is 0.580. The molecule has 0 saturated carbocycles. The topological polar surface area (TPSA) is 62.9 Å². The van der Waals surface area contributed by atoms with Crippen LogP contribution < -0.4 is 10.1 Å². The fraction of sp³-hybridized carbons (Fsp3) is 0.375. The summed E-state index contributed by atoms with van der Waals surface area (Å²) >= 11 is 0. The van der Waals surface area contributed by atoms with E-state index in [1.54, 1.807) is 13.3 Å². The average molecular weight is 302 g/mol. The van der Waals surface area contributed by atoms with E-state index in [2.05, 4.69) is 32.5 Å². The molecule has 1 aromatic heterocycles. The number of aromatic nitrogens is 1. The second-order valence-electron chi connectivity index (χ2n) is 4.82. The highest BCUT2D eigenvalue weighted by Gasteiger charge is 2.07. The van der Waals surface area contributed by atoms with Gasteiger partial charge in [-0.15, -0.1) is 0 Å². The third kappa shape index (κ3) is 4.51. The van der Waals surface area contributed by atoms with Crippen molar-refractivity contribution < 1.29 is 9.26 Å². The van der Waals surface area contributed by atoms with E-state index in [0.717, 1.165) is 23.9 Å². The number of guanidine groups is 1. The van der Waals surface area contributed by atoms with E-state index in [9.17, 15) is 0 Å². The van der Waals surface area contributed by atoms with Gasteiger partial charge in [0.15, 0.2) is 5.96 Å². The highest BCUT2D eigenvalue weighted by atomic mass is 16.5. The first kappa shape index (κ1) is 15.9. The quantitative estimate of drug-likeness (QED) is 0.655. The summed E-state index contributed by atoms with van der Waals surface area (Å²) in [6, 6.07) is 9.92. The lowest BCUT2D eigenvalue weighted by atomic mass is 10.2. The number of ether oxygens (including phenoxy) is 1. The Hall–Kier alpha value is -2.50. The van der Waals surface area contributed by atoms with Crippen molar-refractivity contribution in [3.63, 3.8) is 0 Å². The monoisotopic (exact) mass is 302 g/mol. The number of nitrogens with zero attached hydrogens (tertiary/aromatic N) is 3. The molecule has 2 rings (SSSR count). The maximum atomic E-state index is 5.45. The van der Waals surface area contributed by atoms with Gasteiger partial charge in [-0.1, -0.05) is 17.3 Å². The summed E-state index contributed by atoms with van der Waals surface area (Å²) in [5.74, 6) is 1.69. The summed E-state index contributed by atoms with van der Waals surface area (Å²) in [6.45, 7) is 3.99. The molecule has 0 spiro atoms. The standard InChI is InChI=1S/C16H22N4O2/c1-4-21-15-7-5-13(6-8-15)12-20(3)16(17-2)18-11-14-9-10-22-19-14/h5-10H,4,11-12H2,1-3H3,(H,17,18). The molecule has 0 atom stereocenters. The minimum Gasteiger partial charge on any atom is -0.494 e. The van der Waals surface area contributed by atoms with E-state index in [-0.39, 0.29) is 0 Å². The van der Waals surface area contributed by atoms with Gasteiger partial charge in [-0.05, 0) is 24.6 Å². The summed E-state index contributed by atoms with van der Waals surface area (Å²) in [6.07, 6.45) is 1.56. The second-order valence-corrected chi connectivity index (χ2v) is 4.82. The van der Waals surface area contributed by atoms with Crippen LogP contribution in [0.25, 0.3) is 0 Å². The zero-order valence-electron chi connectivity index (χ0n) is 13.2. The van der Waals surface area contributed by atoms with Gasteiger partial charge in [0.2, 0.25) is 0 Å². The summed E-state index contributed by atoms with van der Waals surface area (Å²) in [4.78, 5) is 6.33. The van der Waals surface area contributed by atoms with Crippen molar-refractivity contribution >= 4 is 5.96 Å². The molecule has 0 fully saturated rings. The van der Waals surface area contributed by atoms with Crippen LogP contribution in [-0.2, 0) is 13.1 Å². The van der Waals surface area contributed by atoms with Crippen LogP contribution in [0.4, 0.5) is 0 Å². The van der Waals surface area contributed by atoms with Crippen LogP contribution in [0.1, 0.15) is 18.2 Å². The van der Waals surface area contributed by atoms with Gasteiger partial charge < -0.3 is 19.5 Å². The fourth-order valence-electron chi connectivity index (χ4n) is 2.09. The fourth-order valence-corrected chi connectivity index (χ4v) is 2.09. The van der Waals surface area contributed by atoms with Crippen LogP contribution in [-0.4, -0.2) is 36.7 Å². The van der Waals surface area contributed by atoms with Crippen molar-refractivity contribution in [2.45, 2.75) is 20.0 Å². The maximum absolute atomic E-state index is 5.45. The van der Waals surface area contributed by atoms with Crippen molar-refractivity contribution in [3.05, 3.63) is 47.9 Å². The lowest BCUT2D eigenvalue weighted by Gasteiger charge is -2.22. The van der Waals surface area contributed by atoms with Crippen molar-refractivity contribution in [3.8, 4) is 5.75 Å². The number of aliphatic imine (C=N–C) groups is 1. The van der Waals surface area contributed by atoms with Crippen molar-refractivity contribution in [1.82, 2.24) is 15.4 Å². The Morgan fingerprint density at radius 3 is 2.68 bits per heavy atom. The Balaban J connectivity index is 1.89. The van der Waals surface area contributed by atoms with Gasteiger partial charge in [0.05, 0.1) is 13.2 Å². The third-order valence-corrected chi connectivity index (χ3v) is 3.15. The van der Waals surface area contributed by atoms with E-state index in [0.29, 0.717) is 13.2 Å². The molecule has 1 aromatic carbocycles. The van der Waals surface area contributed by atoms with E-state index >= 15 is 0 Å². The van der Waals surface area contributed by atoms with Crippen LogP contribution >= 0.6 is 0 Å². The molecule has 6 heteroatoms. The average Bonchev–Trinajstić information content (AvgIpc) is 3.03. The zero-order chi connectivity index (χ0) is 15.8. The molecule has 1 heterocycles. The molecule has 6 nitrogen and oxygen atoms in total. The van der Waals surface area contributed by atoms with Crippen LogP contribution in [0.3, 0.4) is 0 Å². The molecule has 0 saturated heterocycles. The number of hydrogen-bond acceptors (Lipinski definition) is 4. The molecule has 2 aromatic rings. The Morgan fingerprint density at radius 2 is 2.09 bits per heavy atom. The predicted molar refractivity (Wildman–Crippen MR) is 85.8 cm³/mol. The van der Waals surface area contributed by atoms with Gasteiger partial charge in [0, 0.05) is 26.7 Å². The lowest BCUT2D eigenvalue weighted by Crippen LogP contribution is -2.38. The minimum absolute atomic E-state index is 0.580. The maximum Gasteiger partial charge on any atom is 0.194 e. The summed E-state index contributed by atoms with van der Waals surface area (Å²) in [7, 11) is 3.76. The Morgan fingerprint density at radius 1 is 1.32 bits per heavy atom. The van der Waals surface area contributed by atoms with Crippen molar-refractivity contribution in [2.24, 2.45) is 4.99 Å². The smallest absolute Gasteiger partial charge is 0.194 e. The predicted octanol–water partition coefficient (Wildman–Crippen LogP) is 2.28. The first-order valence-corrected chi connectivity index (χ1v) is 7.25. The molecule has 0 aliphatic heterocycles. The molecule has 0 aliphatic rings. The molecule has 0 bridgehead atoms. The Kier molecular flexibility index (Phi) is 5.82. The van der Waals surface area contributed by atoms with Crippen molar-refractivity contribution in [2.75, 3.05) is 20.7 Å². The molecule has 118 valence electrons. The third-order valence-electron chi connectivity index (χ3n) is 3.15. The van der Waals surface area contributed by atoms with Gasteiger partial charge in [-0.2, -0.15) is 0 Å². The van der Waals surface area contributed by atoms with Gasteiger partial charge in [-0.3, -0.25) is 4.99 Å². The van der Waals surface area contributed by atoms with E-state index < -0.39 is 0 Å². The first-order chi connectivity index (χ1) is 10.7. The second kappa shape index (κ2) is 8.07. The molecular formula is C16H22N4O2. The number of benzene rings is 1. The lowest BCUT2D eigenvalue weighted by molar-refractivity contribution is 0.340. The summed E-state index contributed by atoms with van der Waals surface area (Å²) < 4.78 is 10.3. The largest absolute Gasteiger partial charge is 0.494 e. The van der Waals surface area contributed by atoms with E-state index in [4.69, 9.17) is 9.26 Å². The van der Waals surface area contributed by atoms with Crippen LogP contribution in [0.15, 0.2) is 46.1 Å². The highest BCUT2D eigenvalue weighted by molar-refractivity contribution is 5.79. The van der Waals surface area contributed by atoms with E-state index in [1.807, 2.05) is 32.2 Å². The number of nitrogens with one attached hydrogen (secondary N) is 1. The van der Waals surface area contributed by atoms with Crippen LogP contribution in [0.2, 0.25) is 0 Å². The molecular weight excluding hydrogens is 280 g/mol. The van der Waals surface area contributed by atoms with Crippen LogP contribution in [0, 0.1) is 0 Å².